The summed E-state index contributed by atoms with van der Waals surface area (Å²) >= 11 is 5.99. The molecule has 1 aromatic carbocycles. The van der Waals surface area contributed by atoms with Crippen LogP contribution in [0, 0.1) is 0 Å². The second kappa shape index (κ2) is 5.13. The molecule has 2 aromatic rings. The molecule has 1 aliphatic rings. The molecule has 0 amide bonds. The van der Waals surface area contributed by atoms with Crippen molar-refractivity contribution in [3.8, 4) is 11.6 Å². The second-order valence-electron chi connectivity index (χ2n) is 4.70. The lowest BCUT2D eigenvalue weighted by molar-refractivity contribution is 0.0696. The molecule has 0 aliphatic heterocycles. The van der Waals surface area contributed by atoms with Crippen LogP contribution in [0.1, 0.15) is 27.9 Å². The Morgan fingerprint density at radius 3 is 2.80 bits per heavy atom. The van der Waals surface area contributed by atoms with Crippen LogP contribution in [0.25, 0.3) is 0 Å². The fraction of sp³-hybridized carbons (Fsp3) is 0.200. The highest BCUT2D eigenvalue weighted by molar-refractivity contribution is 6.32. The molecule has 1 aliphatic carbocycles. The van der Waals surface area contributed by atoms with Gasteiger partial charge in [0.15, 0.2) is 0 Å². The maximum atomic E-state index is 10.8. The Morgan fingerprint density at radius 2 is 2.05 bits per heavy atom. The van der Waals surface area contributed by atoms with E-state index < -0.39 is 5.97 Å². The third-order valence-electron chi connectivity index (χ3n) is 3.34. The second-order valence-corrected chi connectivity index (χ2v) is 5.11. The van der Waals surface area contributed by atoms with Gasteiger partial charge >= 0.3 is 5.97 Å². The van der Waals surface area contributed by atoms with Crippen LogP contribution in [0.3, 0.4) is 0 Å². The van der Waals surface area contributed by atoms with Crippen LogP contribution in [0.5, 0.6) is 11.6 Å². The topological polar surface area (TPSA) is 59.4 Å². The number of carboxylic acids is 1. The summed E-state index contributed by atoms with van der Waals surface area (Å²) < 4.78 is 5.63. The highest BCUT2D eigenvalue weighted by Gasteiger charge is 2.14. The van der Waals surface area contributed by atoms with E-state index in [1.54, 1.807) is 0 Å². The quantitative estimate of drug-likeness (QED) is 0.935. The van der Waals surface area contributed by atoms with Crippen molar-refractivity contribution in [2.24, 2.45) is 0 Å². The summed E-state index contributed by atoms with van der Waals surface area (Å²) in [7, 11) is 0. The molecule has 0 saturated carbocycles. The monoisotopic (exact) mass is 289 g/mol. The van der Waals surface area contributed by atoms with Gasteiger partial charge < -0.3 is 9.84 Å². The molecule has 4 nitrogen and oxygen atoms in total. The van der Waals surface area contributed by atoms with Crippen molar-refractivity contribution >= 4 is 17.6 Å². The van der Waals surface area contributed by atoms with Crippen LogP contribution in [0.2, 0.25) is 5.02 Å². The van der Waals surface area contributed by atoms with Gasteiger partial charge in [-0.3, -0.25) is 0 Å². The number of pyridine rings is 1. The summed E-state index contributed by atoms with van der Waals surface area (Å²) in [5.74, 6) is -0.179. The summed E-state index contributed by atoms with van der Waals surface area (Å²) in [6, 6.07) is 7.26. The van der Waals surface area contributed by atoms with Crippen LogP contribution >= 0.6 is 11.6 Å². The van der Waals surface area contributed by atoms with E-state index in [-0.39, 0.29) is 16.5 Å². The van der Waals surface area contributed by atoms with E-state index in [1.807, 2.05) is 12.1 Å². The lowest BCUT2D eigenvalue weighted by atomic mass is 10.1. The first-order chi connectivity index (χ1) is 9.63. The SMILES string of the molecule is O=C(O)c1cnc(Oc2ccc3c(c2)CCC3)c(Cl)c1. The number of rotatable bonds is 3. The average Bonchev–Trinajstić information content (AvgIpc) is 2.88. The fourth-order valence-corrected chi connectivity index (χ4v) is 2.55. The van der Waals surface area contributed by atoms with E-state index in [2.05, 4.69) is 11.1 Å². The first kappa shape index (κ1) is 12.9. The molecule has 0 fully saturated rings. The summed E-state index contributed by atoms with van der Waals surface area (Å²) in [6.07, 6.45) is 4.58. The Bertz CT molecular complexity index is 685. The van der Waals surface area contributed by atoms with Crippen LogP contribution in [0.4, 0.5) is 0 Å². The number of carbonyl (C=O) groups is 1. The number of carboxylic acid groups (broad SMARTS) is 1. The minimum Gasteiger partial charge on any atom is -0.478 e. The number of aromatic nitrogens is 1. The number of aryl methyl sites for hydroxylation is 2. The molecular formula is C15H12ClNO3. The number of hydrogen-bond acceptors (Lipinski definition) is 3. The molecule has 1 heterocycles. The lowest BCUT2D eigenvalue weighted by Crippen LogP contribution is -1.98. The van der Waals surface area contributed by atoms with Crippen LogP contribution < -0.4 is 4.74 Å². The maximum Gasteiger partial charge on any atom is 0.337 e. The first-order valence-corrected chi connectivity index (χ1v) is 6.70. The third-order valence-corrected chi connectivity index (χ3v) is 3.61. The van der Waals surface area contributed by atoms with Gasteiger partial charge in [0, 0.05) is 6.20 Å². The largest absolute Gasteiger partial charge is 0.478 e. The van der Waals surface area contributed by atoms with Gasteiger partial charge in [-0.1, -0.05) is 17.7 Å². The van der Waals surface area contributed by atoms with Gasteiger partial charge in [-0.2, -0.15) is 0 Å². The average molecular weight is 290 g/mol. The van der Waals surface area contributed by atoms with Gasteiger partial charge in [-0.25, -0.2) is 9.78 Å². The molecular weight excluding hydrogens is 278 g/mol. The lowest BCUT2D eigenvalue weighted by Gasteiger charge is -2.08. The zero-order chi connectivity index (χ0) is 14.1. The standard InChI is InChI=1S/C15H12ClNO3/c16-13-7-11(15(18)19)8-17-14(13)20-12-5-4-9-2-1-3-10(9)6-12/h4-8H,1-3H2,(H,18,19). The number of nitrogens with zero attached hydrogens (tertiary/aromatic N) is 1. The summed E-state index contributed by atoms with van der Waals surface area (Å²) in [6.45, 7) is 0. The molecule has 20 heavy (non-hydrogen) atoms. The van der Waals surface area contributed by atoms with Crippen molar-refractivity contribution in [2.45, 2.75) is 19.3 Å². The Kier molecular flexibility index (Phi) is 3.32. The van der Waals surface area contributed by atoms with Crippen molar-refractivity contribution in [2.75, 3.05) is 0 Å². The zero-order valence-electron chi connectivity index (χ0n) is 10.6. The minimum absolute atomic E-state index is 0.0382. The van der Waals surface area contributed by atoms with Gasteiger partial charge in [-0.15, -0.1) is 0 Å². The number of hydrogen-bond donors (Lipinski definition) is 1. The number of benzene rings is 1. The Balaban J connectivity index is 1.86. The molecule has 0 atom stereocenters. The molecule has 0 saturated heterocycles. The van der Waals surface area contributed by atoms with Gasteiger partial charge in [0.1, 0.15) is 10.8 Å². The van der Waals surface area contributed by atoms with Crippen molar-refractivity contribution in [1.29, 1.82) is 0 Å². The molecule has 5 heteroatoms. The normalized spacial score (nSPS) is 13.1. The molecule has 1 aromatic heterocycles. The predicted octanol–water partition coefficient (Wildman–Crippen LogP) is 3.71. The Morgan fingerprint density at radius 1 is 1.25 bits per heavy atom. The van der Waals surface area contributed by atoms with E-state index >= 15 is 0 Å². The summed E-state index contributed by atoms with van der Waals surface area (Å²) in [5, 5.41) is 9.04. The van der Waals surface area contributed by atoms with Crippen molar-refractivity contribution in [3.63, 3.8) is 0 Å². The van der Waals surface area contributed by atoms with E-state index in [9.17, 15) is 4.79 Å². The van der Waals surface area contributed by atoms with Crippen molar-refractivity contribution in [1.82, 2.24) is 4.98 Å². The molecule has 0 radical (unpaired) electrons. The number of fused-ring (bicyclic) bond motifs is 1. The summed E-state index contributed by atoms with van der Waals surface area (Å²) in [4.78, 5) is 14.8. The highest BCUT2D eigenvalue weighted by Crippen LogP contribution is 2.31. The van der Waals surface area contributed by atoms with Crippen molar-refractivity contribution in [3.05, 3.63) is 52.2 Å². The third kappa shape index (κ3) is 2.47. The van der Waals surface area contributed by atoms with Gasteiger partial charge in [-0.05, 0) is 48.6 Å². The molecule has 102 valence electrons. The maximum absolute atomic E-state index is 10.8. The molecule has 0 unspecified atom stereocenters. The zero-order valence-corrected chi connectivity index (χ0v) is 11.4. The first-order valence-electron chi connectivity index (χ1n) is 6.32. The fourth-order valence-electron chi connectivity index (χ4n) is 2.34. The van der Waals surface area contributed by atoms with Gasteiger partial charge in [0.05, 0.1) is 5.56 Å². The molecule has 3 rings (SSSR count). The van der Waals surface area contributed by atoms with E-state index in [0.29, 0.717) is 5.75 Å². The van der Waals surface area contributed by atoms with E-state index in [1.165, 1.54) is 29.8 Å². The van der Waals surface area contributed by atoms with Crippen molar-refractivity contribution < 1.29 is 14.6 Å². The predicted molar refractivity (Wildman–Crippen MR) is 74.7 cm³/mol. The minimum atomic E-state index is -1.07. The summed E-state index contributed by atoms with van der Waals surface area (Å²) in [5.41, 5.74) is 2.69. The van der Waals surface area contributed by atoms with Gasteiger partial charge in [0.25, 0.3) is 0 Å². The molecule has 0 spiro atoms. The highest BCUT2D eigenvalue weighted by atomic mass is 35.5. The number of halogens is 1. The smallest absolute Gasteiger partial charge is 0.337 e. The Hall–Kier alpha value is -2.07. The molecule has 1 N–H and O–H groups in total. The van der Waals surface area contributed by atoms with Gasteiger partial charge in [0.2, 0.25) is 5.88 Å². The number of aromatic carboxylic acids is 1. The van der Waals surface area contributed by atoms with E-state index in [0.717, 1.165) is 12.8 Å². The van der Waals surface area contributed by atoms with Crippen LogP contribution in [-0.4, -0.2) is 16.1 Å². The number of ether oxygens (including phenoxy) is 1. The Labute approximate surface area is 121 Å². The van der Waals surface area contributed by atoms with E-state index in [4.69, 9.17) is 21.4 Å². The van der Waals surface area contributed by atoms with Crippen LogP contribution in [0.15, 0.2) is 30.5 Å². The molecule has 0 bridgehead atoms. The van der Waals surface area contributed by atoms with Crippen LogP contribution in [-0.2, 0) is 12.8 Å².